The van der Waals surface area contributed by atoms with Crippen molar-refractivity contribution in [1.29, 1.82) is 0 Å². The van der Waals surface area contributed by atoms with Crippen molar-refractivity contribution < 1.29 is 28.3 Å². The Bertz CT molecular complexity index is 682. The quantitative estimate of drug-likeness (QED) is 0.867. The Morgan fingerprint density at radius 2 is 1.83 bits per heavy atom. The van der Waals surface area contributed by atoms with Gasteiger partial charge in [0.05, 0.1) is 5.92 Å². The predicted octanol–water partition coefficient (Wildman–Crippen LogP) is 1.05. The third-order valence-electron chi connectivity index (χ3n) is 4.18. The number of hydrogen-bond acceptors (Lipinski definition) is 3. The lowest BCUT2D eigenvalue weighted by Gasteiger charge is -2.18. The number of carbonyl (C=O) groups is 3. The van der Waals surface area contributed by atoms with E-state index < -0.39 is 40.9 Å². The molecule has 1 aliphatic heterocycles. The summed E-state index contributed by atoms with van der Waals surface area (Å²) in [7, 11) is 0. The molecule has 0 aromatic heterocycles. The molecule has 0 bridgehead atoms. The Kier molecular flexibility index (Phi) is 3.54. The van der Waals surface area contributed by atoms with E-state index in [-0.39, 0.29) is 18.7 Å². The second-order valence-electron chi connectivity index (χ2n) is 5.91. The van der Waals surface area contributed by atoms with Crippen molar-refractivity contribution in [3.05, 3.63) is 29.8 Å². The lowest BCUT2D eigenvalue weighted by molar-refractivity contribution is -0.143. The molecule has 1 aromatic rings. The number of aliphatic carboxylic acids is 1. The monoisotopic (exact) mass is 324 g/mol. The van der Waals surface area contributed by atoms with Crippen LogP contribution in [0.1, 0.15) is 19.3 Å². The van der Waals surface area contributed by atoms with Crippen LogP contribution in [0.3, 0.4) is 0 Å². The third-order valence-corrected chi connectivity index (χ3v) is 4.18. The molecule has 2 N–H and O–H groups in total. The number of anilines is 1. The van der Waals surface area contributed by atoms with Crippen molar-refractivity contribution in [2.45, 2.75) is 24.8 Å². The summed E-state index contributed by atoms with van der Waals surface area (Å²) in [6, 6.07) is 2.72. The highest BCUT2D eigenvalue weighted by molar-refractivity contribution is 6.01. The average molecular weight is 324 g/mol. The molecular formula is C15H14F2N2O4. The maximum Gasteiger partial charge on any atom is 0.329 e. The smallest absolute Gasteiger partial charge is 0.329 e. The van der Waals surface area contributed by atoms with Gasteiger partial charge in [0.2, 0.25) is 11.8 Å². The predicted molar refractivity (Wildman–Crippen MR) is 74.6 cm³/mol. The summed E-state index contributed by atoms with van der Waals surface area (Å²) in [6.07, 6.45) is 0.584. The minimum atomic E-state index is -1.22. The summed E-state index contributed by atoms with van der Waals surface area (Å²) in [4.78, 5) is 36.4. The molecule has 8 heteroatoms. The molecule has 0 unspecified atom stereocenters. The van der Waals surface area contributed by atoms with Crippen molar-refractivity contribution in [3.8, 4) is 0 Å². The van der Waals surface area contributed by atoms with Crippen molar-refractivity contribution in [3.63, 3.8) is 0 Å². The van der Waals surface area contributed by atoms with Gasteiger partial charge in [-0.05, 0) is 25.0 Å². The molecule has 1 aromatic carbocycles. The summed E-state index contributed by atoms with van der Waals surface area (Å²) in [5.74, 6) is -4.44. The van der Waals surface area contributed by atoms with Crippen LogP contribution in [-0.4, -0.2) is 35.0 Å². The number of nitrogens with one attached hydrogen (secondary N) is 1. The molecule has 122 valence electrons. The minimum absolute atomic E-state index is 0.0384. The Morgan fingerprint density at radius 1 is 1.22 bits per heavy atom. The number of nitrogens with zero attached hydrogens (tertiary/aromatic N) is 1. The van der Waals surface area contributed by atoms with Crippen LogP contribution in [0.25, 0.3) is 0 Å². The molecule has 6 nitrogen and oxygen atoms in total. The van der Waals surface area contributed by atoms with Crippen LogP contribution in [0.5, 0.6) is 0 Å². The normalized spacial score (nSPS) is 22.1. The summed E-state index contributed by atoms with van der Waals surface area (Å²) in [5.41, 5.74) is -1.18. The molecule has 2 amide bonds. The molecule has 1 saturated heterocycles. The molecule has 23 heavy (non-hydrogen) atoms. The van der Waals surface area contributed by atoms with Gasteiger partial charge in [0.15, 0.2) is 0 Å². The minimum Gasteiger partial charge on any atom is -0.480 e. The summed E-state index contributed by atoms with van der Waals surface area (Å²) < 4.78 is 26.5. The van der Waals surface area contributed by atoms with E-state index in [0.717, 1.165) is 17.0 Å². The first kappa shape index (κ1) is 15.4. The van der Waals surface area contributed by atoms with E-state index in [9.17, 15) is 23.2 Å². The molecule has 2 aliphatic rings. The van der Waals surface area contributed by atoms with Gasteiger partial charge in [0.1, 0.15) is 17.2 Å². The van der Waals surface area contributed by atoms with Gasteiger partial charge in [-0.3, -0.25) is 9.59 Å². The van der Waals surface area contributed by atoms with Crippen molar-refractivity contribution >= 4 is 23.5 Å². The number of halogens is 2. The number of carboxylic acids is 1. The first-order valence-corrected chi connectivity index (χ1v) is 7.13. The second-order valence-corrected chi connectivity index (χ2v) is 5.91. The zero-order chi connectivity index (χ0) is 16.8. The fourth-order valence-electron chi connectivity index (χ4n) is 2.68. The lowest BCUT2D eigenvalue weighted by atomic mass is 10.1. The maximum absolute atomic E-state index is 13.3. The molecule has 0 radical (unpaired) electrons. The Morgan fingerprint density at radius 3 is 2.35 bits per heavy atom. The summed E-state index contributed by atoms with van der Waals surface area (Å²) >= 11 is 0. The van der Waals surface area contributed by atoms with Crippen LogP contribution in [0.2, 0.25) is 0 Å². The number of carbonyl (C=O) groups excluding carboxylic acids is 2. The number of benzene rings is 1. The van der Waals surface area contributed by atoms with Gasteiger partial charge < -0.3 is 15.3 Å². The Hall–Kier alpha value is -2.51. The van der Waals surface area contributed by atoms with E-state index in [4.69, 9.17) is 5.11 Å². The van der Waals surface area contributed by atoms with E-state index in [1.54, 1.807) is 0 Å². The van der Waals surface area contributed by atoms with E-state index in [0.29, 0.717) is 18.9 Å². The fourth-order valence-corrected chi connectivity index (χ4v) is 2.68. The molecule has 0 spiro atoms. The van der Waals surface area contributed by atoms with Gasteiger partial charge in [0, 0.05) is 24.7 Å². The first-order chi connectivity index (χ1) is 10.8. The van der Waals surface area contributed by atoms with Crippen LogP contribution in [0, 0.1) is 17.6 Å². The van der Waals surface area contributed by atoms with Crippen LogP contribution in [0.4, 0.5) is 14.5 Å². The highest BCUT2D eigenvalue weighted by atomic mass is 19.1. The Labute approximate surface area is 130 Å². The van der Waals surface area contributed by atoms with Crippen LogP contribution < -0.4 is 10.2 Å². The fraction of sp³-hybridized carbons (Fsp3) is 0.400. The molecule has 1 heterocycles. The second kappa shape index (κ2) is 5.29. The van der Waals surface area contributed by atoms with Crippen LogP contribution in [-0.2, 0) is 14.4 Å². The number of amides is 2. The highest BCUT2D eigenvalue weighted by Crippen LogP contribution is 2.36. The van der Waals surface area contributed by atoms with Gasteiger partial charge in [0.25, 0.3) is 0 Å². The molecule has 1 saturated carbocycles. The van der Waals surface area contributed by atoms with Gasteiger partial charge in [-0.15, -0.1) is 0 Å². The van der Waals surface area contributed by atoms with E-state index in [1.165, 1.54) is 0 Å². The van der Waals surface area contributed by atoms with Gasteiger partial charge in [-0.25, -0.2) is 13.6 Å². The van der Waals surface area contributed by atoms with Crippen molar-refractivity contribution in [1.82, 2.24) is 5.32 Å². The standard InChI is InChI=1S/C15H14F2N2O4/c16-9-4-10(17)6-11(5-9)19-7-8(3-12(19)20)13(21)18-15(1-2-15)14(22)23/h4-6,8H,1-3,7H2,(H,18,21)(H,22,23)/t8-/m0/s1. The Balaban J connectivity index is 1.72. The van der Waals surface area contributed by atoms with Gasteiger partial charge >= 0.3 is 5.97 Å². The number of rotatable bonds is 4. The topological polar surface area (TPSA) is 86.7 Å². The van der Waals surface area contributed by atoms with E-state index >= 15 is 0 Å². The largest absolute Gasteiger partial charge is 0.480 e. The number of carboxylic acid groups (broad SMARTS) is 1. The lowest BCUT2D eigenvalue weighted by Crippen LogP contribution is -2.46. The molecule has 3 rings (SSSR count). The molecular weight excluding hydrogens is 310 g/mol. The first-order valence-electron chi connectivity index (χ1n) is 7.13. The zero-order valence-electron chi connectivity index (χ0n) is 12.0. The SMILES string of the molecule is O=C(NC1(C(=O)O)CC1)[C@H]1CC(=O)N(c2cc(F)cc(F)c2)C1. The molecule has 1 aliphatic carbocycles. The maximum atomic E-state index is 13.3. The summed E-state index contributed by atoms with van der Waals surface area (Å²) in [6.45, 7) is -0.0384. The summed E-state index contributed by atoms with van der Waals surface area (Å²) in [5, 5.41) is 11.5. The number of hydrogen-bond donors (Lipinski definition) is 2. The van der Waals surface area contributed by atoms with E-state index in [1.807, 2.05) is 0 Å². The van der Waals surface area contributed by atoms with Gasteiger partial charge in [-0.1, -0.05) is 0 Å². The third kappa shape index (κ3) is 2.88. The highest BCUT2D eigenvalue weighted by Gasteiger charge is 2.52. The van der Waals surface area contributed by atoms with Gasteiger partial charge in [-0.2, -0.15) is 0 Å². The van der Waals surface area contributed by atoms with E-state index in [2.05, 4.69) is 5.32 Å². The zero-order valence-corrected chi connectivity index (χ0v) is 12.0. The van der Waals surface area contributed by atoms with Crippen molar-refractivity contribution in [2.24, 2.45) is 5.92 Å². The average Bonchev–Trinajstić information content (AvgIpc) is 3.12. The van der Waals surface area contributed by atoms with Crippen molar-refractivity contribution in [2.75, 3.05) is 11.4 Å². The van der Waals surface area contributed by atoms with Crippen LogP contribution in [0.15, 0.2) is 18.2 Å². The molecule has 2 fully saturated rings. The molecule has 1 atom stereocenters. The van der Waals surface area contributed by atoms with Crippen LogP contribution >= 0.6 is 0 Å².